The number of carbonyl (C=O) groups excluding carboxylic acids is 1. The van der Waals surface area contributed by atoms with Gasteiger partial charge in [-0.05, 0) is 64.8 Å². The van der Waals surface area contributed by atoms with Crippen molar-refractivity contribution in [3.63, 3.8) is 0 Å². The summed E-state index contributed by atoms with van der Waals surface area (Å²) in [4.78, 5) is 14.8. The molecule has 1 atom stereocenters. The third kappa shape index (κ3) is 2.94. The van der Waals surface area contributed by atoms with Crippen molar-refractivity contribution in [3.8, 4) is 0 Å². The Hall–Kier alpha value is -1.07. The lowest BCUT2D eigenvalue weighted by Gasteiger charge is -2.33. The summed E-state index contributed by atoms with van der Waals surface area (Å²) in [5.41, 5.74) is 2.94. The maximum Gasteiger partial charge on any atom is 0.259 e. The molecule has 1 unspecified atom stereocenters. The molecule has 2 nitrogen and oxygen atoms in total. The molecule has 108 valence electrons. The van der Waals surface area contributed by atoms with E-state index in [2.05, 4.69) is 35.6 Å². The van der Waals surface area contributed by atoms with E-state index >= 15 is 0 Å². The summed E-state index contributed by atoms with van der Waals surface area (Å²) in [7, 11) is 0. The van der Waals surface area contributed by atoms with E-state index < -0.39 is 0 Å². The van der Waals surface area contributed by atoms with Crippen molar-refractivity contribution in [1.29, 1.82) is 0 Å². The highest BCUT2D eigenvalue weighted by atomic mass is 127. The Morgan fingerprint density at radius 3 is 2.86 bits per heavy atom. The minimum Gasteiger partial charge on any atom is -0.308 e. The monoisotopic (exact) mass is 411 g/mol. The van der Waals surface area contributed by atoms with Crippen LogP contribution < -0.4 is 4.90 Å². The molecular formula is C17H15ClINO. The third-order valence-electron chi connectivity index (χ3n) is 3.75. The minimum atomic E-state index is 0.0286. The Bertz CT molecular complexity index is 701. The van der Waals surface area contributed by atoms with E-state index in [0.29, 0.717) is 16.5 Å². The number of rotatable bonds is 1. The van der Waals surface area contributed by atoms with E-state index in [0.717, 1.165) is 22.2 Å². The average molecular weight is 412 g/mol. The second kappa shape index (κ2) is 5.97. The van der Waals surface area contributed by atoms with E-state index in [1.165, 1.54) is 5.56 Å². The largest absolute Gasteiger partial charge is 0.308 e. The second-order valence-corrected chi connectivity index (χ2v) is 7.08. The number of halogens is 2. The lowest BCUT2D eigenvalue weighted by atomic mass is 9.93. The molecule has 0 spiro atoms. The van der Waals surface area contributed by atoms with Gasteiger partial charge >= 0.3 is 0 Å². The highest BCUT2D eigenvalue weighted by molar-refractivity contribution is 14.1. The van der Waals surface area contributed by atoms with E-state index in [1.54, 1.807) is 6.07 Å². The van der Waals surface area contributed by atoms with Crippen molar-refractivity contribution in [2.75, 3.05) is 11.4 Å². The molecule has 1 heterocycles. The Kier molecular flexibility index (Phi) is 4.22. The standard InChI is InChI=1S/C17H15ClINO/c1-11-8-12-4-2-3-5-16(12)20(10-11)17(21)14-9-13(18)6-7-15(14)19/h2-7,9,11H,8,10H2,1H3. The SMILES string of the molecule is CC1Cc2ccccc2N(C(=O)c2cc(Cl)ccc2I)C1. The van der Waals surface area contributed by atoms with Crippen LogP contribution in [0.3, 0.4) is 0 Å². The van der Waals surface area contributed by atoms with Crippen LogP contribution in [0.4, 0.5) is 5.69 Å². The van der Waals surface area contributed by atoms with Crippen LogP contribution in [-0.2, 0) is 6.42 Å². The maximum absolute atomic E-state index is 12.9. The first-order chi connectivity index (χ1) is 10.1. The van der Waals surface area contributed by atoms with Crippen LogP contribution in [0.2, 0.25) is 5.02 Å². The molecule has 2 aromatic carbocycles. The molecule has 0 saturated heterocycles. The molecule has 1 amide bonds. The number of nitrogens with zero attached hydrogens (tertiary/aromatic N) is 1. The summed E-state index contributed by atoms with van der Waals surface area (Å²) in [6.45, 7) is 2.93. The number of carbonyl (C=O) groups is 1. The Labute approximate surface area is 143 Å². The minimum absolute atomic E-state index is 0.0286. The van der Waals surface area contributed by atoms with E-state index in [-0.39, 0.29) is 5.91 Å². The molecule has 0 N–H and O–H groups in total. The Balaban J connectivity index is 2.04. The number of hydrogen-bond acceptors (Lipinski definition) is 1. The van der Waals surface area contributed by atoms with Gasteiger partial charge in [0.2, 0.25) is 0 Å². The molecule has 2 aromatic rings. The van der Waals surface area contributed by atoms with Crippen LogP contribution in [0, 0.1) is 9.49 Å². The van der Waals surface area contributed by atoms with Gasteiger partial charge in [-0.15, -0.1) is 0 Å². The van der Waals surface area contributed by atoms with Crippen LogP contribution in [0.5, 0.6) is 0 Å². The maximum atomic E-state index is 12.9. The van der Waals surface area contributed by atoms with Gasteiger partial charge in [-0.3, -0.25) is 4.79 Å². The summed E-state index contributed by atoms with van der Waals surface area (Å²) in [6.07, 6.45) is 1.02. The summed E-state index contributed by atoms with van der Waals surface area (Å²) < 4.78 is 0.928. The summed E-state index contributed by atoms with van der Waals surface area (Å²) in [5, 5.41) is 0.595. The summed E-state index contributed by atoms with van der Waals surface area (Å²) >= 11 is 8.24. The van der Waals surface area contributed by atoms with Gasteiger partial charge in [-0.25, -0.2) is 0 Å². The van der Waals surface area contributed by atoms with Gasteiger partial charge in [0.05, 0.1) is 5.56 Å². The number of fused-ring (bicyclic) bond motifs is 1. The summed E-state index contributed by atoms with van der Waals surface area (Å²) in [5.74, 6) is 0.488. The predicted molar refractivity (Wildman–Crippen MR) is 95.2 cm³/mol. The molecule has 4 heteroatoms. The van der Waals surface area contributed by atoms with Gasteiger partial charge in [-0.1, -0.05) is 36.7 Å². The van der Waals surface area contributed by atoms with Crippen molar-refractivity contribution in [2.45, 2.75) is 13.3 Å². The van der Waals surface area contributed by atoms with E-state index in [4.69, 9.17) is 11.6 Å². The molecule has 0 bridgehead atoms. The van der Waals surface area contributed by atoms with Crippen molar-refractivity contribution < 1.29 is 4.79 Å². The second-order valence-electron chi connectivity index (χ2n) is 5.48. The normalized spacial score (nSPS) is 17.5. The molecule has 0 fully saturated rings. The number of anilines is 1. The zero-order valence-corrected chi connectivity index (χ0v) is 14.6. The lowest BCUT2D eigenvalue weighted by Crippen LogP contribution is -2.39. The molecule has 21 heavy (non-hydrogen) atoms. The smallest absolute Gasteiger partial charge is 0.259 e. The fourth-order valence-electron chi connectivity index (χ4n) is 2.80. The molecule has 1 aliphatic rings. The van der Waals surface area contributed by atoms with Gasteiger partial charge in [0.15, 0.2) is 0 Å². The molecule has 3 rings (SSSR count). The van der Waals surface area contributed by atoms with Crippen LogP contribution in [0.15, 0.2) is 42.5 Å². The van der Waals surface area contributed by atoms with Crippen LogP contribution in [0.1, 0.15) is 22.8 Å². The molecule has 0 saturated carbocycles. The van der Waals surface area contributed by atoms with Crippen molar-refractivity contribution in [3.05, 3.63) is 62.2 Å². The lowest BCUT2D eigenvalue weighted by molar-refractivity contribution is 0.0980. The number of amides is 1. The van der Waals surface area contributed by atoms with Crippen LogP contribution in [-0.4, -0.2) is 12.5 Å². The van der Waals surface area contributed by atoms with E-state index in [9.17, 15) is 4.79 Å². The molecule has 1 aliphatic heterocycles. The Morgan fingerprint density at radius 1 is 1.29 bits per heavy atom. The number of para-hydroxylation sites is 1. The van der Waals surface area contributed by atoms with Gasteiger partial charge in [-0.2, -0.15) is 0 Å². The van der Waals surface area contributed by atoms with Crippen molar-refractivity contribution in [1.82, 2.24) is 0 Å². The van der Waals surface area contributed by atoms with Crippen molar-refractivity contribution in [2.24, 2.45) is 5.92 Å². The molecule has 0 radical (unpaired) electrons. The van der Waals surface area contributed by atoms with Crippen LogP contribution in [0.25, 0.3) is 0 Å². The quantitative estimate of drug-likeness (QED) is 0.618. The topological polar surface area (TPSA) is 20.3 Å². The summed E-state index contributed by atoms with van der Waals surface area (Å²) in [6, 6.07) is 13.6. The van der Waals surface area contributed by atoms with Crippen molar-refractivity contribution >= 4 is 45.8 Å². The Morgan fingerprint density at radius 2 is 2.05 bits per heavy atom. The highest BCUT2D eigenvalue weighted by Gasteiger charge is 2.27. The zero-order chi connectivity index (χ0) is 15.0. The molecule has 0 aliphatic carbocycles. The average Bonchev–Trinajstić information content (AvgIpc) is 2.48. The third-order valence-corrected chi connectivity index (χ3v) is 4.92. The first-order valence-electron chi connectivity index (χ1n) is 6.91. The first kappa shape index (κ1) is 14.9. The van der Waals surface area contributed by atoms with Gasteiger partial charge in [0, 0.05) is 20.8 Å². The fraction of sp³-hybridized carbons (Fsp3) is 0.235. The molecule has 0 aromatic heterocycles. The first-order valence-corrected chi connectivity index (χ1v) is 8.37. The predicted octanol–water partition coefficient (Wildman–Crippen LogP) is 4.78. The highest BCUT2D eigenvalue weighted by Crippen LogP contribution is 2.31. The number of benzene rings is 2. The van der Waals surface area contributed by atoms with Gasteiger partial charge < -0.3 is 4.90 Å². The number of hydrogen-bond donors (Lipinski definition) is 0. The van der Waals surface area contributed by atoms with Gasteiger partial charge in [0.1, 0.15) is 0 Å². The fourth-order valence-corrected chi connectivity index (χ4v) is 3.53. The molecular weight excluding hydrogens is 397 g/mol. The van der Waals surface area contributed by atoms with Crippen LogP contribution >= 0.6 is 34.2 Å². The van der Waals surface area contributed by atoms with E-state index in [1.807, 2.05) is 35.2 Å². The van der Waals surface area contributed by atoms with Gasteiger partial charge in [0.25, 0.3) is 5.91 Å². The zero-order valence-electron chi connectivity index (χ0n) is 11.6.